The molecule has 1 heterocycles. The summed E-state index contributed by atoms with van der Waals surface area (Å²) in [5.74, 6) is 0.424. The molecule has 0 bridgehead atoms. The molecule has 0 radical (unpaired) electrons. The highest BCUT2D eigenvalue weighted by atomic mass is 16.6. The van der Waals surface area contributed by atoms with Crippen LogP contribution >= 0.6 is 0 Å². The van der Waals surface area contributed by atoms with Gasteiger partial charge in [-0.1, -0.05) is 24.1 Å². The number of rotatable bonds is 4. The van der Waals surface area contributed by atoms with Gasteiger partial charge in [-0.2, -0.15) is 0 Å². The summed E-state index contributed by atoms with van der Waals surface area (Å²) in [7, 11) is 0. The van der Waals surface area contributed by atoms with Crippen molar-refractivity contribution in [1.82, 2.24) is 4.90 Å². The van der Waals surface area contributed by atoms with E-state index in [0.717, 1.165) is 68.9 Å². The van der Waals surface area contributed by atoms with Crippen LogP contribution in [0.1, 0.15) is 42.4 Å². The van der Waals surface area contributed by atoms with Gasteiger partial charge in [0.15, 0.2) is 0 Å². The highest BCUT2D eigenvalue weighted by Crippen LogP contribution is 2.29. The van der Waals surface area contributed by atoms with Crippen LogP contribution in [-0.4, -0.2) is 49.9 Å². The van der Waals surface area contributed by atoms with Crippen LogP contribution in [-0.2, 0) is 9.47 Å². The Labute approximate surface area is 157 Å². The zero-order valence-electron chi connectivity index (χ0n) is 16.3. The minimum Gasteiger partial charge on any atom is -0.446 e. The van der Waals surface area contributed by atoms with E-state index in [1.807, 2.05) is 13.8 Å². The van der Waals surface area contributed by atoms with E-state index in [4.69, 9.17) is 9.47 Å². The van der Waals surface area contributed by atoms with E-state index in [1.54, 1.807) is 0 Å². The van der Waals surface area contributed by atoms with Crippen LogP contribution in [0.2, 0.25) is 0 Å². The summed E-state index contributed by atoms with van der Waals surface area (Å²) in [6, 6.07) is 4.18. The van der Waals surface area contributed by atoms with Gasteiger partial charge in [-0.25, -0.2) is 4.79 Å². The molecule has 144 valence electrons. The summed E-state index contributed by atoms with van der Waals surface area (Å²) < 4.78 is 11.3. The van der Waals surface area contributed by atoms with E-state index in [9.17, 15) is 4.79 Å². The number of ether oxygens (including phenoxy) is 2. The maximum absolute atomic E-state index is 12.5. The molecule has 1 saturated heterocycles. The van der Waals surface area contributed by atoms with Gasteiger partial charge in [0, 0.05) is 31.2 Å². The van der Waals surface area contributed by atoms with Crippen molar-refractivity contribution in [3.8, 4) is 0 Å². The van der Waals surface area contributed by atoms with Crippen molar-refractivity contribution in [2.24, 2.45) is 5.92 Å². The van der Waals surface area contributed by atoms with Crippen molar-refractivity contribution in [3.05, 3.63) is 28.8 Å². The molecule has 1 aromatic carbocycles. The Morgan fingerprint density at radius 2 is 1.81 bits per heavy atom. The number of nitrogens with zero attached hydrogens (tertiary/aromatic N) is 1. The maximum Gasteiger partial charge on any atom is 0.411 e. The van der Waals surface area contributed by atoms with Gasteiger partial charge in [0.25, 0.3) is 0 Å². The average Bonchev–Trinajstić information content (AvgIpc) is 2.61. The number of morpholine rings is 1. The molecule has 1 aromatic rings. The summed E-state index contributed by atoms with van der Waals surface area (Å²) in [5, 5.41) is 2.98. The van der Waals surface area contributed by atoms with Crippen molar-refractivity contribution >= 4 is 11.8 Å². The summed E-state index contributed by atoms with van der Waals surface area (Å²) in [6.45, 7) is 10.7. The molecule has 1 amide bonds. The number of carbonyl (C=O) groups excluding carboxylic acids is 1. The number of carbonyl (C=O) groups is 1. The van der Waals surface area contributed by atoms with E-state index in [0.29, 0.717) is 5.92 Å². The van der Waals surface area contributed by atoms with Gasteiger partial charge in [-0.15, -0.1) is 0 Å². The molecule has 2 atom stereocenters. The minimum absolute atomic E-state index is 0.0117. The lowest BCUT2D eigenvalue weighted by Gasteiger charge is -2.36. The highest BCUT2D eigenvalue weighted by molar-refractivity contribution is 5.87. The molecule has 1 aliphatic heterocycles. The lowest BCUT2D eigenvalue weighted by atomic mass is 9.86. The van der Waals surface area contributed by atoms with Crippen LogP contribution in [0.5, 0.6) is 0 Å². The van der Waals surface area contributed by atoms with Crippen molar-refractivity contribution in [3.63, 3.8) is 0 Å². The van der Waals surface area contributed by atoms with Gasteiger partial charge in [-0.3, -0.25) is 10.2 Å². The molecule has 0 aromatic heterocycles. The number of anilines is 1. The number of hydrogen-bond donors (Lipinski definition) is 1. The second-order valence-electron chi connectivity index (χ2n) is 7.80. The zero-order valence-corrected chi connectivity index (χ0v) is 16.3. The summed E-state index contributed by atoms with van der Waals surface area (Å²) in [4.78, 5) is 15.0. The Morgan fingerprint density at radius 3 is 2.50 bits per heavy atom. The average molecular weight is 360 g/mol. The lowest BCUT2D eigenvalue weighted by Crippen LogP contribution is -2.44. The van der Waals surface area contributed by atoms with Crippen LogP contribution in [0.15, 0.2) is 12.1 Å². The first-order chi connectivity index (χ1) is 12.5. The first-order valence-electron chi connectivity index (χ1n) is 9.88. The number of aryl methyl sites for hydroxylation is 3. The topological polar surface area (TPSA) is 50.8 Å². The monoisotopic (exact) mass is 360 g/mol. The molecule has 2 fully saturated rings. The molecule has 0 spiro atoms. The quantitative estimate of drug-likeness (QED) is 0.880. The van der Waals surface area contributed by atoms with E-state index < -0.39 is 0 Å². The van der Waals surface area contributed by atoms with Gasteiger partial charge >= 0.3 is 6.09 Å². The first-order valence-corrected chi connectivity index (χ1v) is 9.88. The highest BCUT2D eigenvalue weighted by Gasteiger charge is 2.30. The van der Waals surface area contributed by atoms with E-state index in [-0.39, 0.29) is 12.2 Å². The number of benzene rings is 1. The molecule has 2 aliphatic rings. The fraction of sp³-hybridized carbons (Fsp3) is 0.667. The van der Waals surface area contributed by atoms with Crippen LogP contribution < -0.4 is 5.32 Å². The Morgan fingerprint density at radius 1 is 1.15 bits per heavy atom. The Balaban J connectivity index is 1.59. The van der Waals surface area contributed by atoms with Gasteiger partial charge in [0.2, 0.25) is 0 Å². The molecule has 5 heteroatoms. The van der Waals surface area contributed by atoms with Crippen molar-refractivity contribution < 1.29 is 14.3 Å². The predicted molar refractivity (Wildman–Crippen MR) is 104 cm³/mol. The molecule has 1 aliphatic carbocycles. The van der Waals surface area contributed by atoms with Gasteiger partial charge in [-0.05, 0) is 51.2 Å². The lowest BCUT2D eigenvalue weighted by molar-refractivity contribution is -0.00352. The molecule has 26 heavy (non-hydrogen) atoms. The van der Waals surface area contributed by atoms with Crippen LogP contribution in [0, 0.1) is 26.7 Å². The smallest absolute Gasteiger partial charge is 0.411 e. The molecular weight excluding hydrogens is 328 g/mol. The first kappa shape index (κ1) is 19.2. The Bertz CT molecular complexity index is 603. The number of nitrogens with one attached hydrogen (secondary N) is 1. The Hall–Kier alpha value is -1.59. The predicted octanol–water partition coefficient (Wildman–Crippen LogP) is 4.05. The maximum atomic E-state index is 12.5. The number of amides is 1. The zero-order chi connectivity index (χ0) is 18.5. The van der Waals surface area contributed by atoms with Crippen molar-refractivity contribution in [2.45, 2.75) is 52.6 Å². The van der Waals surface area contributed by atoms with E-state index >= 15 is 0 Å². The van der Waals surface area contributed by atoms with Crippen LogP contribution in [0.3, 0.4) is 0 Å². The summed E-state index contributed by atoms with van der Waals surface area (Å²) in [5.41, 5.74) is 4.24. The molecule has 2 unspecified atom stereocenters. The summed E-state index contributed by atoms with van der Waals surface area (Å²) >= 11 is 0. The third-order valence-corrected chi connectivity index (χ3v) is 5.60. The molecule has 3 rings (SSSR count). The Kier molecular flexibility index (Phi) is 6.54. The third-order valence-electron chi connectivity index (χ3n) is 5.60. The normalized spacial score (nSPS) is 24.3. The second kappa shape index (κ2) is 8.87. The second-order valence-corrected chi connectivity index (χ2v) is 7.80. The van der Waals surface area contributed by atoms with E-state index in [1.165, 1.54) is 12.0 Å². The van der Waals surface area contributed by atoms with Crippen LogP contribution in [0.25, 0.3) is 0 Å². The third kappa shape index (κ3) is 4.98. The van der Waals surface area contributed by atoms with Gasteiger partial charge in [0.1, 0.15) is 6.10 Å². The van der Waals surface area contributed by atoms with Crippen molar-refractivity contribution in [2.75, 3.05) is 38.2 Å². The fourth-order valence-electron chi connectivity index (χ4n) is 4.30. The van der Waals surface area contributed by atoms with Gasteiger partial charge < -0.3 is 9.47 Å². The molecule has 5 nitrogen and oxygen atoms in total. The minimum atomic E-state index is -0.320. The number of hydrogen-bond acceptors (Lipinski definition) is 4. The van der Waals surface area contributed by atoms with Crippen molar-refractivity contribution in [1.29, 1.82) is 0 Å². The van der Waals surface area contributed by atoms with E-state index in [2.05, 4.69) is 29.3 Å². The molecule has 1 N–H and O–H groups in total. The van der Waals surface area contributed by atoms with Crippen LogP contribution in [0.4, 0.5) is 10.5 Å². The molecular formula is C21H32N2O3. The fourth-order valence-corrected chi connectivity index (χ4v) is 4.30. The molecule has 1 saturated carbocycles. The SMILES string of the molecule is Cc1cc(C)c(NC(=O)OC2CCCCC2CN2CCOCC2)c(C)c1. The summed E-state index contributed by atoms with van der Waals surface area (Å²) in [6.07, 6.45) is 4.16. The standard InChI is InChI=1S/C21H32N2O3/c1-15-12-16(2)20(17(3)13-15)22-21(24)26-19-7-5-4-6-18(19)14-23-8-10-25-11-9-23/h12-13,18-19H,4-11,14H2,1-3H3,(H,22,24). The largest absolute Gasteiger partial charge is 0.446 e. The van der Waals surface area contributed by atoms with Gasteiger partial charge in [0.05, 0.1) is 13.2 Å².